The summed E-state index contributed by atoms with van der Waals surface area (Å²) < 4.78 is 15.8. The molecule has 1 N–H and O–H groups in total. The number of ether oxygens (including phenoxy) is 3. The number of benzene rings is 2. The van der Waals surface area contributed by atoms with Crippen LogP contribution in [0, 0.1) is 11.3 Å². The fraction of sp³-hybridized carbons (Fsp3) is 0.200. The lowest BCUT2D eigenvalue weighted by atomic mass is 10.1. The van der Waals surface area contributed by atoms with Crippen molar-refractivity contribution in [3.05, 3.63) is 51.5 Å². The number of amides is 1. The predicted octanol–water partition coefficient (Wildman–Crippen LogP) is 4.95. The first kappa shape index (κ1) is 21.4. The molecule has 2 rings (SSSR count). The van der Waals surface area contributed by atoms with Crippen LogP contribution < -0.4 is 19.5 Å². The van der Waals surface area contributed by atoms with E-state index >= 15 is 0 Å². The number of hydrogen-bond donors (Lipinski definition) is 1. The molecule has 28 heavy (non-hydrogen) atoms. The van der Waals surface area contributed by atoms with Crippen molar-refractivity contribution in [2.24, 2.45) is 0 Å². The Morgan fingerprint density at radius 3 is 2.46 bits per heavy atom. The van der Waals surface area contributed by atoms with E-state index < -0.39 is 5.91 Å². The molecule has 2 aromatic rings. The van der Waals surface area contributed by atoms with Gasteiger partial charge in [0.2, 0.25) is 0 Å². The van der Waals surface area contributed by atoms with Gasteiger partial charge >= 0.3 is 0 Å². The van der Waals surface area contributed by atoms with Gasteiger partial charge in [0.1, 0.15) is 17.4 Å². The minimum absolute atomic E-state index is 0.115. The smallest absolute Gasteiger partial charge is 0.266 e. The number of carbonyl (C=O) groups is 1. The lowest BCUT2D eigenvalue weighted by molar-refractivity contribution is -0.112. The third-order valence-electron chi connectivity index (χ3n) is 3.62. The summed E-state index contributed by atoms with van der Waals surface area (Å²) in [6, 6.07) is 9.88. The van der Waals surface area contributed by atoms with Gasteiger partial charge in [-0.15, -0.1) is 0 Å². The quantitative estimate of drug-likeness (QED) is 0.505. The van der Waals surface area contributed by atoms with Crippen LogP contribution in [0.1, 0.15) is 12.5 Å². The van der Waals surface area contributed by atoms with Gasteiger partial charge in [-0.3, -0.25) is 4.79 Å². The molecule has 8 heteroatoms. The van der Waals surface area contributed by atoms with Gasteiger partial charge in [-0.1, -0.05) is 23.2 Å². The molecule has 0 aromatic heterocycles. The van der Waals surface area contributed by atoms with Crippen molar-refractivity contribution in [1.82, 2.24) is 0 Å². The van der Waals surface area contributed by atoms with E-state index in [0.717, 1.165) is 0 Å². The number of nitrogens with zero attached hydrogens (tertiary/aromatic N) is 1. The fourth-order valence-corrected chi connectivity index (χ4v) is 2.94. The number of rotatable bonds is 7. The summed E-state index contributed by atoms with van der Waals surface area (Å²) in [6.07, 6.45) is 1.41. The van der Waals surface area contributed by atoms with E-state index in [2.05, 4.69) is 5.32 Å². The molecular formula is C20H18Cl2N2O4. The largest absolute Gasteiger partial charge is 0.495 e. The van der Waals surface area contributed by atoms with Crippen molar-refractivity contribution < 1.29 is 19.0 Å². The Bertz CT molecular complexity index is 952. The van der Waals surface area contributed by atoms with Gasteiger partial charge in [0.05, 0.1) is 30.9 Å². The first-order chi connectivity index (χ1) is 13.4. The van der Waals surface area contributed by atoms with E-state index in [-0.39, 0.29) is 5.57 Å². The highest BCUT2D eigenvalue weighted by Crippen LogP contribution is 2.37. The maximum atomic E-state index is 12.5. The Labute approximate surface area is 173 Å². The van der Waals surface area contributed by atoms with Gasteiger partial charge in [0, 0.05) is 5.69 Å². The van der Waals surface area contributed by atoms with Crippen LogP contribution in [0.25, 0.3) is 6.08 Å². The van der Waals surface area contributed by atoms with Gasteiger partial charge in [0.15, 0.2) is 11.5 Å². The molecule has 0 radical (unpaired) electrons. The SMILES string of the molecule is CCOc1cc(/C=C(\C#N)C(=O)Nc2ccc(OC)c(Cl)c2)cc(Cl)c1OC. The highest BCUT2D eigenvalue weighted by molar-refractivity contribution is 6.33. The Kier molecular flexibility index (Phi) is 7.56. The Morgan fingerprint density at radius 2 is 1.89 bits per heavy atom. The standard InChI is InChI=1S/C20H18Cl2N2O4/c1-4-28-18-9-12(8-16(22)19(18)27-3)7-13(11-23)20(25)24-14-5-6-17(26-2)15(21)10-14/h5-10H,4H2,1-3H3,(H,24,25)/b13-7+. The summed E-state index contributed by atoms with van der Waals surface area (Å²) >= 11 is 12.3. The lowest BCUT2D eigenvalue weighted by Gasteiger charge is -2.12. The second-order valence-corrected chi connectivity index (χ2v) is 6.25. The molecule has 0 saturated carbocycles. The lowest BCUT2D eigenvalue weighted by Crippen LogP contribution is -2.13. The molecule has 0 spiro atoms. The number of nitrogens with one attached hydrogen (secondary N) is 1. The minimum Gasteiger partial charge on any atom is -0.495 e. The molecule has 0 aliphatic rings. The van der Waals surface area contributed by atoms with Crippen molar-refractivity contribution >= 4 is 40.9 Å². The van der Waals surface area contributed by atoms with Crippen molar-refractivity contribution in [2.75, 3.05) is 26.1 Å². The van der Waals surface area contributed by atoms with Gasteiger partial charge in [-0.25, -0.2) is 0 Å². The second kappa shape index (κ2) is 9.88. The summed E-state index contributed by atoms with van der Waals surface area (Å²) in [7, 11) is 2.97. The molecule has 0 heterocycles. The molecule has 0 fully saturated rings. The molecule has 0 unspecified atom stereocenters. The van der Waals surface area contributed by atoms with E-state index in [1.807, 2.05) is 13.0 Å². The zero-order valence-electron chi connectivity index (χ0n) is 15.5. The summed E-state index contributed by atoms with van der Waals surface area (Å²) in [6.45, 7) is 2.23. The maximum Gasteiger partial charge on any atom is 0.266 e. The van der Waals surface area contributed by atoms with E-state index in [1.54, 1.807) is 24.3 Å². The molecule has 0 aliphatic heterocycles. The first-order valence-electron chi connectivity index (χ1n) is 8.20. The summed E-state index contributed by atoms with van der Waals surface area (Å²) in [5, 5.41) is 12.7. The molecule has 0 atom stereocenters. The maximum absolute atomic E-state index is 12.5. The number of carbonyl (C=O) groups excluding carboxylic acids is 1. The van der Waals surface area contributed by atoms with Crippen molar-refractivity contribution in [1.29, 1.82) is 5.26 Å². The molecular weight excluding hydrogens is 403 g/mol. The van der Waals surface area contributed by atoms with E-state index in [4.69, 9.17) is 37.4 Å². The molecule has 0 bridgehead atoms. The van der Waals surface area contributed by atoms with Crippen LogP contribution in [-0.2, 0) is 4.79 Å². The Balaban J connectivity index is 2.31. The van der Waals surface area contributed by atoms with Crippen LogP contribution >= 0.6 is 23.2 Å². The van der Waals surface area contributed by atoms with Gasteiger partial charge in [-0.2, -0.15) is 5.26 Å². The van der Waals surface area contributed by atoms with E-state index in [9.17, 15) is 10.1 Å². The molecule has 1 amide bonds. The van der Waals surface area contributed by atoms with Crippen LogP contribution in [0.5, 0.6) is 17.2 Å². The second-order valence-electron chi connectivity index (χ2n) is 5.44. The molecule has 6 nitrogen and oxygen atoms in total. The summed E-state index contributed by atoms with van der Waals surface area (Å²) in [4.78, 5) is 12.5. The fourth-order valence-electron chi connectivity index (χ4n) is 2.39. The Hall–Kier alpha value is -2.88. The third-order valence-corrected chi connectivity index (χ3v) is 4.20. The van der Waals surface area contributed by atoms with Crippen LogP contribution in [-0.4, -0.2) is 26.7 Å². The molecule has 0 saturated heterocycles. The normalized spacial score (nSPS) is 10.8. The van der Waals surface area contributed by atoms with Gasteiger partial charge in [-0.05, 0) is 48.9 Å². The van der Waals surface area contributed by atoms with Crippen LogP contribution in [0.2, 0.25) is 10.0 Å². The van der Waals surface area contributed by atoms with Crippen LogP contribution in [0.4, 0.5) is 5.69 Å². The zero-order chi connectivity index (χ0) is 20.7. The number of methoxy groups -OCH3 is 2. The third kappa shape index (κ3) is 5.10. The number of anilines is 1. The van der Waals surface area contributed by atoms with E-state index in [0.29, 0.717) is 45.2 Å². The highest BCUT2D eigenvalue weighted by atomic mass is 35.5. The van der Waals surface area contributed by atoms with E-state index in [1.165, 1.54) is 26.4 Å². The zero-order valence-corrected chi connectivity index (χ0v) is 17.0. The average Bonchev–Trinajstić information content (AvgIpc) is 2.66. The van der Waals surface area contributed by atoms with Crippen LogP contribution in [0.15, 0.2) is 35.9 Å². The number of halogens is 2. The summed E-state index contributed by atoms with van der Waals surface area (Å²) in [5.74, 6) is 0.695. The molecule has 146 valence electrons. The van der Waals surface area contributed by atoms with Crippen molar-refractivity contribution in [3.63, 3.8) is 0 Å². The topological polar surface area (TPSA) is 80.6 Å². The first-order valence-corrected chi connectivity index (χ1v) is 8.96. The summed E-state index contributed by atoms with van der Waals surface area (Å²) in [5.41, 5.74) is 0.837. The minimum atomic E-state index is -0.589. The van der Waals surface area contributed by atoms with Crippen LogP contribution in [0.3, 0.4) is 0 Å². The van der Waals surface area contributed by atoms with Gasteiger partial charge in [0.25, 0.3) is 5.91 Å². The predicted molar refractivity (Wildman–Crippen MR) is 109 cm³/mol. The number of hydrogen-bond acceptors (Lipinski definition) is 5. The molecule has 0 aliphatic carbocycles. The number of nitriles is 1. The van der Waals surface area contributed by atoms with Gasteiger partial charge < -0.3 is 19.5 Å². The van der Waals surface area contributed by atoms with Crippen molar-refractivity contribution in [3.8, 4) is 23.3 Å². The average molecular weight is 421 g/mol. The molecule has 2 aromatic carbocycles. The Morgan fingerprint density at radius 1 is 1.14 bits per heavy atom. The monoisotopic (exact) mass is 420 g/mol. The van der Waals surface area contributed by atoms with Crippen molar-refractivity contribution in [2.45, 2.75) is 6.92 Å². The highest BCUT2D eigenvalue weighted by Gasteiger charge is 2.14.